The van der Waals surface area contributed by atoms with Gasteiger partial charge in [-0.1, -0.05) is 18.2 Å². The Labute approximate surface area is 162 Å². The second-order valence-corrected chi connectivity index (χ2v) is 7.47. The first-order valence-electron chi connectivity index (χ1n) is 8.97. The molecule has 4 rings (SSSR count). The molecule has 0 atom stereocenters. The first kappa shape index (κ1) is 17.5. The van der Waals surface area contributed by atoms with Crippen LogP contribution in [0, 0.1) is 6.92 Å². The lowest BCUT2D eigenvalue weighted by Gasteiger charge is -2.19. The zero-order valence-electron chi connectivity index (χ0n) is 15.1. The van der Waals surface area contributed by atoms with Gasteiger partial charge in [0.15, 0.2) is 0 Å². The average molecular weight is 376 g/mol. The summed E-state index contributed by atoms with van der Waals surface area (Å²) in [5.74, 6) is -0.0139. The van der Waals surface area contributed by atoms with Crippen LogP contribution in [0.25, 0.3) is 11.1 Å². The van der Waals surface area contributed by atoms with Crippen molar-refractivity contribution >= 4 is 34.5 Å². The largest absolute Gasteiger partial charge is 0.322 e. The van der Waals surface area contributed by atoms with Crippen molar-refractivity contribution in [1.29, 1.82) is 0 Å². The third-order valence-electron chi connectivity index (χ3n) is 4.83. The van der Waals surface area contributed by atoms with Crippen molar-refractivity contribution in [3.63, 3.8) is 0 Å². The van der Waals surface area contributed by atoms with E-state index in [1.165, 1.54) is 0 Å². The number of hydrogen-bond donors (Lipinski definition) is 1. The first-order valence-corrected chi connectivity index (χ1v) is 9.91. The molecule has 1 fully saturated rings. The maximum atomic E-state index is 12.6. The normalized spacial score (nSPS) is 13.8. The molecule has 1 N–H and O–H groups in total. The van der Waals surface area contributed by atoms with Gasteiger partial charge < -0.3 is 10.2 Å². The fourth-order valence-corrected chi connectivity index (χ4v) is 3.99. The average Bonchev–Trinajstić information content (AvgIpc) is 3.35. The van der Waals surface area contributed by atoms with Crippen LogP contribution in [0.15, 0.2) is 59.3 Å². The third kappa shape index (κ3) is 3.64. The van der Waals surface area contributed by atoms with Crippen molar-refractivity contribution in [2.24, 2.45) is 0 Å². The van der Waals surface area contributed by atoms with E-state index in [9.17, 15) is 9.59 Å². The molecule has 0 unspecified atom stereocenters. The highest BCUT2D eigenvalue weighted by Crippen LogP contribution is 2.28. The summed E-state index contributed by atoms with van der Waals surface area (Å²) in [4.78, 5) is 26.5. The second-order valence-electron chi connectivity index (χ2n) is 6.69. The van der Waals surface area contributed by atoms with Gasteiger partial charge >= 0.3 is 0 Å². The molecule has 27 heavy (non-hydrogen) atoms. The van der Waals surface area contributed by atoms with Crippen molar-refractivity contribution in [3.8, 4) is 11.1 Å². The molecule has 136 valence electrons. The van der Waals surface area contributed by atoms with Gasteiger partial charge in [0.2, 0.25) is 5.91 Å². The molecule has 0 aliphatic carbocycles. The minimum atomic E-state index is -0.158. The van der Waals surface area contributed by atoms with Gasteiger partial charge in [-0.2, -0.15) is 11.3 Å². The van der Waals surface area contributed by atoms with Crippen LogP contribution in [0.1, 0.15) is 28.8 Å². The number of carbonyl (C=O) groups excluding carboxylic acids is 2. The number of nitrogens with one attached hydrogen (secondary N) is 1. The fourth-order valence-electron chi connectivity index (χ4n) is 3.33. The molecule has 1 aliphatic rings. The Bertz CT molecular complexity index is 978. The van der Waals surface area contributed by atoms with Crippen LogP contribution in [0.4, 0.5) is 11.4 Å². The van der Waals surface area contributed by atoms with Gasteiger partial charge in [0, 0.05) is 29.9 Å². The van der Waals surface area contributed by atoms with Gasteiger partial charge in [0.25, 0.3) is 5.91 Å². The lowest BCUT2D eigenvalue weighted by atomic mass is 10.1. The summed E-state index contributed by atoms with van der Waals surface area (Å²) in [6.45, 7) is 2.72. The van der Waals surface area contributed by atoms with Crippen LogP contribution in [-0.4, -0.2) is 18.4 Å². The lowest BCUT2D eigenvalue weighted by Crippen LogP contribution is -2.24. The van der Waals surface area contributed by atoms with Gasteiger partial charge in [-0.3, -0.25) is 9.59 Å². The molecule has 4 nitrogen and oxygen atoms in total. The molecule has 5 heteroatoms. The van der Waals surface area contributed by atoms with Crippen molar-refractivity contribution in [3.05, 3.63) is 70.4 Å². The minimum absolute atomic E-state index is 0.144. The Kier molecular flexibility index (Phi) is 4.77. The molecule has 2 heterocycles. The first-order chi connectivity index (χ1) is 13.1. The highest BCUT2D eigenvalue weighted by atomic mass is 32.1. The van der Waals surface area contributed by atoms with Crippen LogP contribution in [0.5, 0.6) is 0 Å². The van der Waals surface area contributed by atoms with E-state index in [0.29, 0.717) is 17.7 Å². The quantitative estimate of drug-likeness (QED) is 0.688. The van der Waals surface area contributed by atoms with E-state index in [2.05, 4.69) is 16.8 Å². The maximum Gasteiger partial charge on any atom is 0.255 e. The summed E-state index contributed by atoms with van der Waals surface area (Å²) in [6.07, 6.45) is 1.47. The molecule has 1 aromatic heterocycles. The molecule has 1 aliphatic heterocycles. The van der Waals surface area contributed by atoms with Gasteiger partial charge in [-0.05, 0) is 71.1 Å². The molecule has 0 saturated carbocycles. The van der Waals surface area contributed by atoms with E-state index >= 15 is 0 Å². The molecule has 1 saturated heterocycles. The molecule has 0 radical (unpaired) electrons. The summed E-state index contributed by atoms with van der Waals surface area (Å²) < 4.78 is 0. The molecule has 3 aromatic rings. The van der Waals surface area contributed by atoms with Crippen molar-refractivity contribution in [2.45, 2.75) is 19.8 Å². The van der Waals surface area contributed by atoms with Crippen LogP contribution < -0.4 is 10.2 Å². The number of thiophene rings is 1. The molecule has 0 spiro atoms. The number of rotatable bonds is 4. The fraction of sp³-hybridized carbons (Fsp3) is 0.182. The summed E-state index contributed by atoms with van der Waals surface area (Å²) >= 11 is 1.65. The van der Waals surface area contributed by atoms with Crippen molar-refractivity contribution in [2.75, 3.05) is 16.8 Å². The maximum absolute atomic E-state index is 12.6. The Morgan fingerprint density at radius 2 is 1.89 bits per heavy atom. The molecular weight excluding hydrogens is 356 g/mol. The monoisotopic (exact) mass is 376 g/mol. The van der Waals surface area contributed by atoms with E-state index in [1.54, 1.807) is 16.2 Å². The highest BCUT2D eigenvalue weighted by molar-refractivity contribution is 7.08. The van der Waals surface area contributed by atoms with E-state index in [4.69, 9.17) is 0 Å². The number of aryl methyl sites for hydroxylation is 1. The SMILES string of the molecule is Cc1ccc(NC(=O)c2ccc(-c3ccsc3)cc2)cc1N1CCCC1=O. The Morgan fingerprint density at radius 3 is 2.56 bits per heavy atom. The van der Waals surface area contributed by atoms with E-state index in [0.717, 1.165) is 35.3 Å². The lowest BCUT2D eigenvalue weighted by molar-refractivity contribution is -0.117. The van der Waals surface area contributed by atoms with Gasteiger partial charge in [0.1, 0.15) is 0 Å². The number of nitrogens with zero attached hydrogens (tertiary/aromatic N) is 1. The van der Waals surface area contributed by atoms with Gasteiger partial charge in [-0.15, -0.1) is 0 Å². The van der Waals surface area contributed by atoms with Crippen LogP contribution in [0.2, 0.25) is 0 Å². The van der Waals surface area contributed by atoms with E-state index < -0.39 is 0 Å². The minimum Gasteiger partial charge on any atom is -0.322 e. The van der Waals surface area contributed by atoms with E-state index in [1.807, 2.05) is 54.8 Å². The molecule has 2 amide bonds. The Balaban J connectivity index is 1.52. The van der Waals surface area contributed by atoms with Crippen LogP contribution in [-0.2, 0) is 4.79 Å². The smallest absolute Gasteiger partial charge is 0.255 e. The predicted molar refractivity (Wildman–Crippen MR) is 110 cm³/mol. The number of anilines is 2. The van der Waals surface area contributed by atoms with Crippen molar-refractivity contribution in [1.82, 2.24) is 0 Å². The number of amides is 2. The Morgan fingerprint density at radius 1 is 1.07 bits per heavy atom. The molecular formula is C22H20N2O2S. The van der Waals surface area contributed by atoms with Gasteiger partial charge in [0.05, 0.1) is 0 Å². The summed E-state index contributed by atoms with van der Waals surface area (Å²) in [5, 5.41) is 7.07. The van der Waals surface area contributed by atoms with Crippen LogP contribution >= 0.6 is 11.3 Å². The zero-order valence-corrected chi connectivity index (χ0v) is 15.9. The molecule has 0 bridgehead atoms. The number of carbonyl (C=O) groups is 2. The topological polar surface area (TPSA) is 49.4 Å². The van der Waals surface area contributed by atoms with Crippen LogP contribution in [0.3, 0.4) is 0 Å². The predicted octanol–water partition coefficient (Wildman–Crippen LogP) is 5.10. The third-order valence-corrected chi connectivity index (χ3v) is 5.52. The second kappa shape index (κ2) is 7.37. The summed E-state index contributed by atoms with van der Waals surface area (Å²) in [5.41, 5.74) is 5.46. The highest BCUT2D eigenvalue weighted by Gasteiger charge is 2.23. The standard InChI is InChI=1S/C22H20N2O2S/c1-15-4-9-19(13-20(15)24-11-2-3-21(24)25)23-22(26)17-7-5-16(6-8-17)18-10-12-27-14-18/h4-10,12-14H,2-3,11H2,1H3,(H,23,26). The zero-order chi connectivity index (χ0) is 18.8. The molecule has 2 aromatic carbocycles. The Hall–Kier alpha value is -2.92. The number of hydrogen-bond acceptors (Lipinski definition) is 3. The summed E-state index contributed by atoms with van der Waals surface area (Å²) in [7, 11) is 0. The number of benzene rings is 2. The van der Waals surface area contributed by atoms with E-state index in [-0.39, 0.29) is 11.8 Å². The van der Waals surface area contributed by atoms with Gasteiger partial charge in [-0.25, -0.2) is 0 Å². The summed E-state index contributed by atoms with van der Waals surface area (Å²) in [6, 6.07) is 15.3. The van der Waals surface area contributed by atoms with Crippen molar-refractivity contribution < 1.29 is 9.59 Å².